The van der Waals surface area contributed by atoms with Crippen LogP contribution in [0.5, 0.6) is 0 Å². The quantitative estimate of drug-likeness (QED) is 0.885. The molecule has 2 aromatic carbocycles. The van der Waals surface area contributed by atoms with Gasteiger partial charge >= 0.3 is 0 Å². The van der Waals surface area contributed by atoms with Crippen LogP contribution >= 0.6 is 15.9 Å². The second-order valence-electron chi connectivity index (χ2n) is 4.71. The lowest BCUT2D eigenvalue weighted by Crippen LogP contribution is -2.26. The first kappa shape index (κ1) is 14.7. The molecule has 2 nitrogen and oxygen atoms in total. The first-order chi connectivity index (χ1) is 9.47. The fourth-order valence-electron chi connectivity index (χ4n) is 1.87. The Balaban J connectivity index is 2.13. The van der Waals surface area contributed by atoms with Gasteiger partial charge in [0.2, 0.25) is 0 Å². The first-order valence-corrected chi connectivity index (χ1v) is 7.09. The predicted molar refractivity (Wildman–Crippen MR) is 81.2 cm³/mol. The molecule has 0 aliphatic rings. The predicted octanol–water partition coefficient (Wildman–Crippen LogP) is 4.39. The van der Waals surface area contributed by atoms with E-state index in [2.05, 4.69) is 21.2 Å². The molecule has 4 heteroatoms. The zero-order valence-electron chi connectivity index (χ0n) is 11.3. The van der Waals surface area contributed by atoms with Crippen molar-refractivity contribution >= 4 is 21.8 Å². The Bertz CT molecular complexity index is 642. The molecule has 1 N–H and O–H groups in total. The average Bonchev–Trinajstić information content (AvgIpc) is 2.41. The van der Waals surface area contributed by atoms with E-state index in [1.54, 1.807) is 24.3 Å². The largest absolute Gasteiger partial charge is 0.346 e. The number of amides is 1. The maximum Gasteiger partial charge on any atom is 0.251 e. The molecular weight excluding hydrogens is 321 g/mol. The van der Waals surface area contributed by atoms with Crippen LogP contribution < -0.4 is 5.32 Å². The third-order valence-corrected chi connectivity index (χ3v) is 3.98. The van der Waals surface area contributed by atoms with Crippen LogP contribution in [0.15, 0.2) is 46.9 Å². The summed E-state index contributed by atoms with van der Waals surface area (Å²) in [6.07, 6.45) is 0. The van der Waals surface area contributed by atoms with Crippen molar-refractivity contribution in [2.45, 2.75) is 19.9 Å². The van der Waals surface area contributed by atoms with Gasteiger partial charge in [-0.25, -0.2) is 4.39 Å². The molecule has 0 aliphatic heterocycles. The summed E-state index contributed by atoms with van der Waals surface area (Å²) in [4.78, 5) is 12.2. The standard InChI is InChI=1S/C16H15BrFNO/c1-10-6-7-13(9-15(10)17)16(20)19-11(2)12-4-3-5-14(18)8-12/h3-9,11H,1-2H3,(H,19,20). The van der Waals surface area contributed by atoms with E-state index in [4.69, 9.17) is 0 Å². The van der Waals surface area contributed by atoms with Crippen LogP contribution in [-0.4, -0.2) is 5.91 Å². The summed E-state index contributed by atoms with van der Waals surface area (Å²) in [5, 5.41) is 2.86. The number of hydrogen-bond donors (Lipinski definition) is 1. The highest BCUT2D eigenvalue weighted by molar-refractivity contribution is 9.10. The van der Waals surface area contributed by atoms with Crippen LogP contribution in [0.2, 0.25) is 0 Å². The summed E-state index contributed by atoms with van der Waals surface area (Å²) in [6, 6.07) is 11.4. The minimum absolute atomic E-state index is 0.178. The van der Waals surface area contributed by atoms with E-state index in [9.17, 15) is 9.18 Å². The normalized spacial score (nSPS) is 12.0. The number of carbonyl (C=O) groups excluding carboxylic acids is 1. The number of aryl methyl sites for hydroxylation is 1. The SMILES string of the molecule is Cc1ccc(C(=O)NC(C)c2cccc(F)c2)cc1Br. The van der Waals surface area contributed by atoms with Crippen molar-refractivity contribution in [2.75, 3.05) is 0 Å². The van der Waals surface area contributed by atoms with Crippen LogP contribution in [-0.2, 0) is 0 Å². The van der Waals surface area contributed by atoms with Crippen LogP contribution in [0, 0.1) is 12.7 Å². The van der Waals surface area contributed by atoms with E-state index in [1.165, 1.54) is 12.1 Å². The summed E-state index contributed by atoms with van der Waals surface area (Å²) >= 11 is 3.41. The molecule has 0 bridgehead atoms. The Kier molecular flexibility index (Phi) is 4.55. The molecule has 0 saturated heterocycles. The Morgan fingerprint density at radius 2 is 2.00 bits per heavy atom. The summed E-state index contributed by atoms with van der Waals surface area (Å²) in [6.45, 7) is 3.79. The van der Waals surface area contributed by atoms with E-state index < -0.39 is 0 Å². The molecule has 104 valence electrons. The van der Waals surface area contributed by atoms with Crippen LogP contribution in [0.1, 0.15) is 34.5 Å². The Morgan fingerprint density at radius 1 is 1.25 bits per heavy atom. The van der Waals surface area contributed by atoms with E-state index in [1.807, 2.05) is 19.9 Å². The molecule has 2 aromatic rings. The maximum atomic E-state index is 13.2. The van der Waals surface area contributed by atoms with Crippen molar-refractivity contribution in [2.24, 2.45) is 0 Å². The van der Waals surface area contributed by atoms with Gasteiger partial charge in [-0.05, 0) is 49.2 Å². The highest BCUT2D eigenvalue weighted by atomic mass is 79.9. The molecule has 2 rings (SSSR count). The fourth-order valence-corrected chi connectivity index (χ4v) is 2.25. The van der Waals surface area contributed by atoms with Crippen molar-refractivity contribution < 1.29 is 9.18 Å². The number of nitrogens with one attached hydrogen (secondary N) is 1. The highest BCUT2D eigenvalue weighted by Crippen LogP contribution is 2.19. The van der Waals surface area contributed by atoms with Gasteiger partial charge in [0.1, 0.15) is 5.82 Å². The number of rotatable bonds is 3. The van der Waals surface area contributed by atoms with Crippen molar-refractivity contribution in [3.8, 4) is 0 Å². The number of hydrogen-bond acceptors (Lipinski definition) is 1. The van der Waals surface area contributed by atoms with E-state index in [0.29, 0.717) is 5.56 Å². The van der Waals surface area contributed by atoms with Gasteiger partial charge in [0.25, 0.3) is 5.91 Å². The van der Waals surface area contributed by atoms with Crippen molar-refractivity contribution in [1.82, 2.24) is 5.32 Å². The Hall–Kier alpha value is -1.68. The van der Waals surface area contributed by atoms with Crippen molar-refractivity contribution in [3.63, 3.8) is 0 Å². The Morgan fingerprint density at radius 3 is 2.65 bits per heavy atom. The molecule has 0 heterocycles. The fraction of sp³-hybridized carbons (Fsp3) is 0.188. The molecular formula is C16H15BrFNO. The van der Waals surface area contributed by atoms with Gasteiger partial charge in [0, 0.05) is 10.0 Å². The molecule has 20 heavy (non-hydrogen) atoms. The minimum Gasteiger partial charge on any atom is -0.346 e. The smallest absolute Gasteiger partial charge is 0.251 e. The van der Waals surface area contributed by atoms with Crippen LogP contribution in [0.3, 0.4) is 0 Å². The maximum absolute atomic E-state index is 13.2. The van der Waals surface area contributed by atoms with Crippen LogP contribution in [0.25, 0.3) is 0 Å². The van der Waals surface area contributed by atoms with Gasteiger partial charge in [0.15, 0.2) is 0 Å². The molecule has 0 spiro atoms. The number of benzene rings is 2. The lowest BCUT2D eigenvalue weighted by Gasteiger charge is -2.15. The molecule has 1 amide bonds. The van der Waals surface area contributed by atoms with E-state index >= 15 is 0 Å². The lowest BCUT2D eigenvalue weighted by molar-refractivity contribution is 0.0939. The minimum atomic E-state index is -0.304. The zero-order chi connectivity index (χ0) is 14.7. The monoisotopic (exact) mass is 335 g/mol. The molecule has 0 aromatic heterocycles. The lowest BCUT2D eigenvalue weighted by atomic mass is 10.1. The molecule has 0 saturated carbocycles. The molecule has 1 unspecified atom stereocenters. The molecule has 1 atom stereocenters. The Labute approximate surface area is 126 Å². The zero-order valence-corrected chi connectivity index (χ0v) is 12.9. The van der Waals surface area contributed by atoms with Gasteiger partial charge in [-0.1, -0.05) is 34.1 Å². The molecule has 0 fully saturated rings. The number of carbonyl (C=O) groups is 1. The highest BCUT2D eigenvalue weighted by Gasteiger charge is 2.12. The van der Waals surface area contributed by atoms with Gasteiger partial charge < -0.3 is 5.32 Å². The third kappa shape index (κ3) is 3.45. The second-order valence-corrected chi connectivity index (χ2v) is 5.57. The van der Waals surface area contributed by atoms with Crippen molar-refractivity contribution in [1.29, 1.82) is 0 Å². The van der Waals surface area contributed by atoms with Crippen LogP contribution in [0.4, 0.5) is 4.39 Å². The first-order valence-electron chi connectivity index (χ1n) is 6.30. The number of halogens is 2. The van der Waals surface area contributed by atoms with Gasteiger partial charge in [0.05, 0.1) is 6.04 Å². The summed E-state index contributed by atoms with van der Waals surface area (Å²) < 4.78 is 14.1. The topological polar surface area (TPSA) is 29.1 Å². The van der Waals surface area contributed by atoms with Gasteiger partial charge in [-0.2, -0.15) is 0 Å². The second kappa shape index (κ2) is 6.18. The summed E-state index contributed by atoms with van der Waals surface area (Å²) in [5.74, 6) is -0.482. The van der Waals surface area contributed by atoms with Gasteiger partial charge in [-0.3, -0.25) is 4.79 Å². The molecule has 0 aliphatic carbocycles. The van der Waals surface area contributed by atoms with E-state index in [0.717, 1.165) is 15.6 Å². The van der Waals surface area contributed by atoms with Crippen molar-refractivity contribution in [3.05, 3.63) is 69.4 Å². The molecule has 0 radical (unpaired) electrons. The summed E-state index contributed by atoms with van der Waals surface area (Å²) in [5.41, 5.74) is 2.38. The van der Waals surface area contributed by atoms with E-state index in [-0.39, 0.29) is 17.8 Å². The third-order valence-electron chi connectivity index (χ3n) is 3.13. The van der Waals surface area contributed by atoms with Gasteiger partial charge in [-0.15, -0.1) is 0 Å². The summed E-state index contributed by atoms with van der Waals surface area (Å²) in [7, 11) is 0. The average molecular weight is 336 g/mol.